The fraction of sp³-hybridized carbons (Fsp3) is 0.222. The van der Waals surface area contributed by atoms with Crippen LogP contribution in [0.25, 0.3) is 34.0 Å². The van der Waals surface area contributed by atoms with Crippen LogP contribution in [-0.2, 0) is 18.9 Å². The molecule has 0 N–H and O–H groups in total. The van der Waals surface area contributed by atoms with E-state index in [1.54, 1.807) is 0 Å². The molecule has 0 aliphatic heterocycles. The highest BCUT2D eigenvalue weighted by Crippen LogP contribution is 2.34. The number of fused-ring (bicyclic) bond motifs is 2. The van der Waals surface area contributed by atoms with Gasteiger partial charge in [-0.3, -0.25) is 4.79 Å². The number of carbonyl (C=O) groups excluding carboxylic acids is 1. The van der Waals surface area contributed by atoms with Gasteiger partial charge in [0.1, 0.15) is 0 Å². The summed E-state index contributed by atoms with van der Waals surface area (Å²) >= 11 is 0. The first-order valence-corrected chi connectivity index (χ1v) is 10.5. The van der Waals surface area contributed by atoms with Crippen LogP contribution >= 0.6 is 0 Å². The Bertz CT molecular complexity index is 1240. The molecular weight excluding hydrogens is 368 g/mol. The van der Waals surface area contributed by atoms with Gasteiger partial charge in [0, 0.05) is 70.6 Å². The Morgan fingerprint density at radius 3 is 1.67 bits per heavy atom. The van der Waals surface area contributed by atoms with E-state index in [0.29, 0.717) is 5.92 Å². The highest BCUT2D eigenvalue weighted by Gasteiger charge is 2.26. The van der Waals surface area contributed by atoms with Gasteiger partial charge in [0.25, 0.3) is 0 Å². The number of rotatable bonds is 2. The fourth-order valence-corrected chi connectivity index (χ4v) is 4.82. The van der Waals surface area contributed by atoms with Crippen molar-refractivity contribution < 1.29 is 4.79 Å². The monoisotopic (exact) mass is 394 g/mol. The Hall–Kier alpha value is -3.33. The van der Waals surface area contributed by atoms with E-state index in [4.69, 9.17) is 0 Å². The average molecular weight is 395 g/mol. The Labute approximate surface area is 176 Å². The van der Waals surface area contributed by atoms with Gasteiger partial charge in [-0.2, -0.15) is 0 Å². The van der Waals surface area contributed by atoms with Crippen LogP contribution in [0.1, 0.15) is 30.9 Å². The number of nitrogens with zero attached hydrogens (tertiary/aromatic N) is 2. The van der Waals surface area contributed by atoms with E-state index >= 15 is 0 Å². The van der Waals surface area contributed by atoms with Crippen LogP contribution in [0.2, 0.25) is 0 Å². The van der Waals surface area contributed by atoms with Crippen molar-refractivity contribution >= 4 is 39.7 Å². The zero-order valence-corrected chi connectivity index (χ0v) is 17.7. The third-order valence-electron chi connectivity index (χ3n) is 6.24. The van der Waals surface area contributed by atoms with Crippen LogP contribution in [0.3, 0.4) is 0 Å². The molecule has 4 aromatic rings. The first kappa shape index (κ1) is 18.7. The summed E-state index contributed by atoms with van der Waals surface area (Å²) in [7, 11) is 4.11. The molecule has 30 heavy (non-hydrogen) atoms. The van der Waals surface area contributed by atoms with Crippen LogP contribution in [0.15, 0.2) is 72.1 Å². The molecule has 1 fully saturated rings. The summed E-state index contributed by atoms with van der Waals surface area (Å²) in [6.45, 7) is 2.24. The number of allylic oxidation sites excluding steroid dienone is 2. The fourth-order valence-electron chi connectivity index (χ4n) is 4.82. The van der Waals surface area contributed by atoms with Gasteiger partial charge in [0.05, 0.1) is 0 Å². The van der Waals surface area contributed by atoms with Crippen molar-refractivity contribution in [3.05, 3.63) is 83.2 Å². The minimum atomic E-state index is 0.189. The van der Waals surface area contributed by atoms with Crippen LogP contribution in [0.4, 0.5) is 0 Å². The summed E-state index contributed by atoms with van der Waals surface area (Å²) in [6.07, 6.45) is 10.1. The lowest BCUT2D eigenvalue weighted by molar-refractivity contribution is -0.113. The normalized spacial score (nSPS) is 20.1. The largest absolute Gasteiger partial charge is 0.350 e. The number of aromatic nitrogens is 2. The van der Waals surface area contributed by atoms with Gasteiger partial charge in [-0.25, -0.2) is 0 Å². The smallest absolute Gasteiger partial charge is 0.185 e. The maximum Gasteiger partial charge on any atom is 0.185 e. The zero-order valence-electron chi connectivity index (χ0n) is 17.7. The van der Waals surface area contributed by atoms with Crippen LogP contribution < -0.4 is 0 Å². The SMILES string of the molecule is CC1CC(=Cc2cn(C)c3ccccc23)C(=O)C(=Cc2cn(C)c3ccccc23)C1. The number of benzene rings is 2. The lowest BCUT2D eigenvalue weighted by Gasteiger charge is -2.22. The number of ketones is 1. The van der Waals surface area contributed by atoms with Crippen molar-refractivity contribution in [2.75, 3.05) is 0 Å². The minimum Gasteiger partial charge on any atom is -0.350 e. The zero-order chi connectivity index (χ0) is 20.8. The third-order valence-corrected chi connectivity index (χ3v) is 6.24. The highest BCUT2D eigenvalue weighted by atomic mass is 16.1. The highest BCUT2D eigenvalue weighted by molar-refractivity contribution is 6.15. The van der Waals surface area contributed by atoms with E-state index < -0.39 is 0 Å². The molecule has 0 radical (unpaired) electrons. The molecule has 2 aromatic heterocycles. The number of carbonyl (C=O) groups is 1. The molecular formula is C27H26N2O. The molecule has 150 valence electrons. The van der Waals surface area contributed by atoms with Gasteiger partial charge >= 0.3 is 0 Å². The summed E-state index contributed by atoms with van der Waals surface area (Å²) < 4.78 is 4.26. The molecule has 1 aliphatic carbocycles. The quantitative estimate of drug-likeness (QED) is 0.375. The van der Waals surface area contributed by atoms with Gasteiger partial charge in [-0.15, -0.1) is 0 Å². The Kier molecular flexibility index (Phi) is 4.47. The molecule has 0 amide bonds. The maximum atomic E-state index is 13.4. The molecule has 2 heterocycles. The summed E-state index contributed by atoms with van der Waals surface area (Å²) in [6, 6.07) is 16.7. The van der Waals surface area contributed by atoms with Gasteiger partial charge in [0.15, 0.2) is 5.78 Å². The van der Waals surface area contributed by atoms with E-state index in [-0.39, 0.29) is 5.78 Å². The summed E-state index contributed by atoms with van der Waals surface area (Å²) in [5, 5.41) is 2.39. The number of Topliss-reactive ketones (excluding diaryl/α,β-unsaturated/α-hetero) is 1. The van der Waals surface area contributed by atoms with E-state index in [0.717, 1.165) is 35.1 Å². The lowest BCUT2D eigenvalue weighted by atomic mass is 9.81. The summed E-state index contributed by atoms with van der Waals surface area (Å²) in [5.74, 6) is 0.638. The first-order chi connectivity index (χ1) is 14.5. The molecule has 0 saturated heterocycles. The molecule has 0 spiro atoms. The summed E-state index contributed by atoms with van der Waals surface area (Å²) in [5.41, 5.74) is 6.44. The predicted molar refractivity (Wildman–Crippen MR) is 125 cm³/mol. The Balaban J connectivity index is 1.58. The number of hydrogen-bond donors (Lipinski definition) is 0. The van der Waals surface area contributed by atoms with Crippen LogP contribution in [0, 0.1) is 5.92 Å². The maximum absolute atomic E-state index is 13.4. The van der Waals surface area contributed by atoms with Gasteiger partial charge < -0.3 is 9.13 Å². The number of para-hydroxylation sites is 2. The number of hydrogen-bond acceptors (Lipinski definition) is 1. The first-order valence-electron chi connectivity index (χ1n) is 10.5. The second-order valence-electron chi connectivity index (χ2n) is 8.61. The van der Waals surface area contributed by atoms with E-state index in [2.05, 4.69) is 103 Å². The molecule has 3 nitrogen and oxygen atoms in total. The number of aryl methyl sites for hydroxylation is 2. The van der Waals surface area contributed by atoms with Crippen molar-refractivity contribution in [3.8, 4) is 0 Å². The van der Waals surface area contributed by atoms with E-state index in [1.165, 1.54) is 21.8 Å². The minimum absolute atomic E-state index is 0.189. The second-order valence-corrected chi connectivity index (χ2v) is 8.61. The molecule has 0 bridgehead atoms. The molecule has 2 aromatic carbocycles. The van der Waals surface area contributed by atoms with Gasteiger partial charge in [-0.1, -0.05) is 43.3 Å². The van der Waals surface area contributed by atoms with Crippen molar-refractivity contribution in [2.45, 2.75) is 19.8 Å². The van der Waals surface area contributed by atoms with Crippen molar-refractivity contribution in [2.24, 2.45) is 20.0 Å². The van der Waals surface area contributed by atoms with Crippen molar-refractivity contribution in [1.82, 2.24) is 9.13 Å². The average Bonchev–Trinajstić information content (AvgIpc) is 3.23. The predicted octanol–water partition coefficient (Wildman–Crippen LogP) is 6.14. The lowest BCUT2D eigenvalue weighted by Crippen LogP contribution is -2.18. The molecule has 5 rings (SSSR count). The van der Waals surface area contributed by atoms with Gasteiger partial charge in [-0.05, 0) is 43.0 Å². The van der Waals surface area contributed by atoms with E-state index in [1.807, 2.05) is 0 Å². The van der Waals surface area contributed by atoms with Crippen LogP contribution in [0.5, 0.6) is 0 Å². The summed E-state index contributed by atoms with van der Waals surface area (Å²) in [4.78, 5) is 13.4. The molecule has 1 aliphatic rings. The Morgan fingerprint density at radius 2 is 1.20 bits per heavy atom. The molecule has 0 unspecified atom stereocenters. The topological polar surface area (TPSA) is 26.9 Å². The van der Waals surface area contributed by atoms with Crippen molar-refractivity contribution in [1.29, 1.82) is 0 Å². The van der Waals surface area contributed by atoms with E-state index in [9.17, 15) is 4.79 Å². The molecule has 1 saturated carbocycles. The standard InChI is InChI=1S/C27H26N2O/c1-18-12-19(14-21-16-28(2)25-10-6-4-8-23(21)25)27(30)20(13-18)15-22-17-29(3)26-11-7-5-9-24(22)26/h4-11,14-18H,12-13H2,1-3H3. The second kappa shape index (κ2) is 7.17. The van der Waals surface area contributed by atoms with Crippen LogP contribution in [-0.4, -0.2) is 14.9 Å². The van der Waals surface area contributed by atoms with Gasteiger partial charge in [0.2, 0.25) is 0 Å². The Morgan fingerprint density at radius 1 is 0.767 bits per heavy atom. The third kappa shape index (κ3) is 3.11. The molecule has 3 heteroatoms. The van der Waals surface area contributed by atoms with Crippen molar-refractivity contribution in [3.63, 3.8) is 0 Å². The molecule has 0 atom stereocenters.